The first kappa shape index (κ1) is 11.0. The summed E-state index contributed by atoms with van der Waals surface area (Å²) in [4.78, 5) is 0. The molecule has 0 bridgehead atoms. The molecule has 2 N–H and O–H groups in total. The minimum absolute atomic E-state index is 0.0434. The molecule has 0 aromatic heterocycles. The Morgan fingerprint density at radius 1 is 1.38 bits per heavy atom. The lowest BCUT2D eigenvalue weighted by atomic mass is 9.72. The van der Waals surface area contributed by atoms with Gasteiger partial charge in [-0.15, -0.1) is 0 Å². The molecule has 1 fully saturated rings. The molecule has 2 unspecified atom stereocenters. The molecule has 1 rings (SSSR count). The highest BCUT2D eigenvalue weighted by molar-refractivity contribution is 4.95. The third-order valence-corrected chi connectivity index (χ3v) is 3.51. The fourth-order valence-electron chi connectivity index (χ4n) is 2.76. The Morgan fingerprint density at radius 2 is 2.15 bits per heavy atom. The van der Waals surface area contributed by atoms with E-state index in [4.69, 9.17) is 0 Å². The monoisotopic (exact) mass is 185 g/mol. The van der Waals surface area contributed by atoms with Crippen LogP contribution in [0.25, 0.3) is 0 Å². The average molecular weight is 185 g/mol. The van der Waals surface area contributed by atoms with E-state index in [-0.39, 0.29) is 5.54 Å². The highest BCUT2D eigenvalue weighted by atomic mass is 16.3. The Morgan fingerprint density at radius 3 is 2.69 bits per heavy atom. The number of hydrogen-bond donors (Lipinski definition) is 2. The first-order chi connectivity index (χ1) is 6.29. The molecule has 0 saturated heterocycles. The van der Waals surface area contributed by atoms with Crippen LogP contribution in [-0.4, -0.2) is 23.8 Å². The number of rotatable bonds is 4. The molecular formula is C11H23NO. The molecule has 0 amide bonds. The van der Waals surface area contributed by atoms with Crippen LogP contribution in [0, 0.1) is 5.92 Å². The number of nitrogens with one attached hydrogen (secondary N) is 1. The van der Waals surface area contributed by atoms with Gasteiger partial charge in [0.05, 0.1) is 6.61 Å². The molecule has 0 radical (unpaired) electrons. The molecule has 1 aliphatic carbocycles. The second-order valence-corrected chi connectivity index (χ2v) is 4.20. The largest absolute Gasteiger partial charge is 0.394 e. The van der Waals surface area contributed by atoms with Crippen LogP contribution in [-0.2, 0) is 0 Å². The number of aliphatic hydroxyl groups is 1. The van der Waals surface area contributed by atoms with Crippen molar-refractivity contribution in [2.24, 2.45) is 5.92 Å². The minimum atomic E-state index is 0.0434. The van der Waals surface area contributed by atoms with E-state index in [0.29, 0.717) is 12.5 Å². The molecule has 2 heteroatoms. The molecule has 0 aliphatic heterocycles. The van der Waals surface area contributed by atoms with Crippen molar-refractivity contribution in [3.05, 3.63) is 0 Å². The quantitative estimate of drug-likeness (QED) is 0.701. The Labute approximate surface area is 81.7 Å². The van der Waals surface area contributed by atoms with Crippen LogP contribution in [0.5, 0.6) is 0 Å². The predicted octanol–water partition coefficient (Wildman–Crippen LogP) is 1.93. The van der Waals surface area contributed by atoms with Crippen molar-refractivity contribution >= 4 is 0 Å². The lowest BCUT2D eigenvalue weighted by Crippen LogP contribution is -2.55. The van der Waals surface area contributed by atoms with Crippen molar-refractivity contribution in [2.45, 2.75) is 51.5 Å². The van der Waals surface area contributed by atoms with Crippen molar-refractivity contribution in [2.75, 3.05) is 13.2 Å². The highest BCUT2D eigenvalue weighted by Crippen LogP contribution is 2.35. The molecule has 13 heavy (non-hydrogen) atoms. The summed E-state index contributed by atoms with van der Waals surface area (Å²) in [6.45, 7) is 5.63. The second-order valence-electron chi connectivity index (χ2n) is 4.20. The van der Waals surface area contributed by atoms with Gasteiger partial charge in [-0.2, -0.15) is 0 Å². The van der Waals surface area contributed by atoms with Crippen molar-refractivity contribution in [3.8, 4) is 0 Å². The van der Waals surface area contributed by atoms with Crippen LogP contribution < -0.4 is 5.32 Å². The van der Waals surface area contributed by atoms with Gasteiger partial charge in [0.15, 0.2) is 0 Å². The molecule has 0 spiro atoms. The van der Waals surface area contributed by atoms with Crippen molar-refractivity contribution in [1.82, 2.24) is 5.32 Å². The smallest absolute Gasteiger partial charge is 0.0616 e. The van der Waals surface area contributed by atoms with Gasteiger partial charge in [0, 0.05) is 5.54 Å². The second kappa shape index (κ2) is 4.97. The maximum Gasteiger partial charge on any atom is 0.0616 e. The molecule has 2 nitrogen and oxygen atoms in total. The van der Waals surface area contributed by atoms with Crippen LogP contribution >= 0.6 is 0 Å². The zero-order valence-corrected chi connectivity index (χ0v) is 8.97. The number of hydrogen-bond acceptors (Lipinski definition) is 2. The van der Waals surface area contributed by atoms with Gasteiger partial charge in [-0.3, -0.25) is 0 Å². The molecule has 0 aromatic rings. The SMILES string of the molecule is CCNC1(CO)CCCCC1CC. The van der Waals surface area contributed by atoms with Gasteiger partial charge in [-0.1, -0.05) is 33.1 Å². The van der Waals surface area contributed by atoms with Gasteiger partial charge < -0.3 is 10.4 Å². The summed E-state index contributed by atoms with van der Waals surface area (Å²) in [7, 11) is 0. The zero-order chi connectivity index (χ0) is 9.73. The van der Waals surface area contributed by atoms with E-state index in [1.807, 2.05) is 0 Å². The summed E-state index contributed by atoms with van der Waals surface area (Å²) in [5.74, 6) is 0.672. The Bertz CT molecular complexity index is 145. The Hall–Kier alpha value is -0.0800. The van der Waals surface area contributed by atoms with E-state index in [2.05, 4.69) is 19.2 Å². The van der Waals surface area contributed by atoms with Crippen LogP contribution in [0.15, 0.2) is 0 Å². The van der Waals surface area contributed by atoms with Crippen LogP contribution in [0.1, 0.15) is 46.0 Å². The van der Waals surface area contributed by atoms with Crippen LogP contribution in [0.4, 0.5) is 0 Å². The Kier molecular flexibility index (Phi) is 4.20. The topological polar surface area (TPSA) is 32.3 Å². The summed E-state index contributed by atoms with van der Waals surface area (Å²) < 4.78 is 0. The molecule has 2 atom stereocenters. The molecule has 0 heterocycles. The number of aliphatic hydroxyl groups excluding tert-OH is 1. The summed E-state index contributed by atoms with van der Waals surface area (Å²) in [6.07, 6.45) is 6.23. The fraction of sp³-hybridized carbons (Fsp3) is 1.00. The van der Waals surface area contributed by atoms with Gasteiger partial charge >= 0.3 is 0 Å². The first-order valence-electron chi connectivity index (χ1n) is 5.65. The van der Waals surface area contributed by atoms with E-state index in [1.165, 1.54) is 25.7 Å². The minimum Gasteiger partial charge on any atom is -0.394 e. The molecule has 0 aromatic carbocycles. The van der Waals surface area contributed by atoms with Gasteiger partial charge in [0.25, 0.3) is 0 Å². The van der Waals surface area contributed by atoms with Crippen LogP contribution in [0.3, 0.4) is 0 Å². The summed E-state index contributed by atoms with van der Waals surface area (Å²) in [5.41, 5.74) is 0.0434. The molecule has 1 aliphatic rings. The third kappa shape index (κ3) is 2.23. The standard InChI is InChI=1S/C11H23NO/c1-3-10-7-5-6-8-11(10,9-13)12-4-2/h10,12-13H,3-9H2,1-2H3. The maximum absolute atomic E-state index is 9.51. The van der Waals surface area contributed by atoms with E-state index >= 15 is 0 Å². The van der Waals surface area contributed by atoms with Gasteiger partial charge in [-0.25, -0.2) is 0 Å². The van der Waals surface area contributed by atoms with E-state index in [0.717, 1.165) is 13.0 Å². The zero-order valence-electron chi connectivity index (χ0n) is 8.97. The fourth-order valence-corrected chi connectivity index (χ4v) is 2.76. The number of likely N-dealkylation sites (N-methyl/N-ethyl adjacent to an activating group) is 1. The maximum atomic E-state index is 9.51. The molecule has 78 valence electrons. The van der Waals surface area contributed by atoms with Crippen molar-refractivity contribution < 1.29 is 5.11 Å². The molecular weight excluding hydrogens is 162 g/mol. The average Bonchev–Trinajstić information content (AvgIpc) is 2.19. The van der Waals surface area contributed by atoms with Gasteiger partial charge in [0.1, 0.15) is 0 Å². The normalized spacial score (nSPS) is 34.8. The summed E-state index contributed by atoms with van der Waals surface area (Å²) >= 11 is 0. The van der Waals surface area contributed by atoms with Gasteiger partial charge in [-0.05, 0) is 25.3 Å². The first-order valence-corrected chi connectivity index (χ1v) is 5.65. The summed E-state index contributed by atoms with van der Waals surface area (Å²) in [6, 6.07) is 0. The lowest BCUT2D eigenvalue weighted by molar-refractivity contribution is 0.0655. The highest BCUT2D eigenvalue weighted by Gasteiger charge is 2.38. The van der Waals surface area contributed by atoms with Crippen LogP contribution in [0.2, 0.25) is 0 Å². The van der Waals surface area contributed by atoms with E-state index in [1.54, 1.807) is 0 Å². The van der Waals surface area contributed by atoms with Gasteiger partial charge in [0.2, 0.25) is 0 Å². The van der Waals surface area contributed by atoms with E-state index in [9.17, 15) is 5.11 Å². The lowest BCUT2D eigenvalue weighted by Gasteiger charge is -2.43. The van der Waals surface area contributed by atoms with Crippen molar-refractivity contribution in [1.29, 1.82) is 0 Å². The summed E-state index contributed by atoms with van der Waals surface area (Å²) in [5, 5.41) is 13.0. The molecule has 1 saturated carbocycles. The third-order valence-electron chi connectivity index (χ3n) is 3.51. The predicted molar refractivity (Wildman–Crippen MR) is 55.7 cm³/mol. The Balaban J connectivity index is 2.66. The van der Waals surface area contributed by atoms with Crippen molar-refractivity contribution in [3.63, 3.8) is 0 Å². The van der Waals surface area contributed by atoms with E-state index < -0.39 is 0 Å².